The van der Waals surface area contributed by atoms with Crippen LogP contribution >= 0.6 is 0 Å². The van der Waals surface area contributed by atoms with Crippen molar-refractivity contribution in [3.05, 3.63) is 47.5 Å². The number of amides is 2. The summed E-state index contributed by atoms with van der Waals surface area (Å²) in [6, 6.07) is 10.5. The smallest absolute Gasteiger partial charge is 0.315 e. The Morgan fingerprint density at radius 3 is 2.96 bits per heavy atom. The average molecular weight is 340 g/mol. The first-order valence-corrected chi connectivity index (χ1v) is 8.99. The number of benzene rings is 1. The van der Waals surface area contributed by atoms with Gasteiger partial charge in [-0.2, -0.15) is 0 Å². The first-order valence-electron chi connectivity index (χ1n) is 8.99. The number of rotatable bonds is 5. The van der Waals surface area contributed by atoms with Crippen LogP contribution in [-0.2, 0) is 26.1 Å². The average Bonchev–Trinajstić information content (AvgIpc) is 3.32. The highest BCUT2D eigenvalue weighted by molar-refractivity contribution is 5.74. The Morgan fingerprint density at radius 1 is 1.20 bits per heavy atom. The van der Waals surface area contributed by atoms with Crippen molar-refractivity contribution in [1.29, 1.82) is 0 Å². The summed E-state index contributed by atoms with van der Waals surface area (Å²) in [5, 5.41) is 14.3. The molecule has 7 heteroatoms. The molecule has 7 nitrogen and oxygen atoms in total. The second-order valence-electron chi connectivity index (χ2n) is 6.82. The Kier molecular flexibility index (Phi) is 4.65. The molecule has 1 atom stereocenters. The topological polar surface area (TPSA) is 75.1 Å². The number of aromatic nitrogens is 3. The molecule has 2 aliphatic heterocycles. The first kappa shape index (κ1) is 16.1. The summed E-state index contributed by atoms with van der Waals surface area (Å²) in [6.45, 7) is 4.23. The lowest BCUT2D eigenvalue weighted by Gasteiger charge is -2.17. The van der Waals surface area contributed by atoms with Gasteiger partial charge in [0.15, 0.2) is 5.82 Å². The number of likely N-dealkylation sites (tertiary alicyclic amines) is 1. The van der Waals surface area contributed by atoms with E-state index in [1.165, 1.54) is 5.56 Å². The van der Waals surface area contributed by atoms with Crippen LogP contribution in [0, 0.1) is 0 Å². The van der Waals surface area contributed by atoms with Gasteiger partial charge < -0.3 is 15.2 Å². The molecule has 1 aromatic heterocycles. The van der Waals surface area contributed by atoms with Crippen molar-refractivity contribution in [2.24, 2.45) is 0 Å². The molecule has 2 aromatic rings. The van der Waals surface area contributed by atoms with Crippen molar-refractivity contribution >= 4 is 6.03 Å². The number of aryl methyl sites for hydroxylation is 1. The van der Waals surface area contributed by atoms with Crippen LogP contribution in [0.15, 0.2) is 30.3 Å². The maximum Gasteiger partial charge on any atom is 0.315 e. The number of carbonyl (C=O) groups excluding carboxylic acids is 1. The van der Waals surface area contributed by atoms with Gasteiger partial charge >= 0.3 is 6.03 Å². The van der Waals surface area contributed by atoms with Gasteiger partial charge in [0.25, 0.3) is 0 Å². The van der Waals surface area contributed by atoms with Crippen LogP contribution in [0.3, 0.4) is 0 Å². The van der Waals surface area contributed by atoms with Gasteiger partial charge in [0, 0.05) is 38.6 Å². The number of carbonyl (C=O) groups is 1. The van der Waals surface area contributed by atoms with Gasteiger partial charge in [-0.25, -0.2) is 4.79 Å². The molecule has 2 aliphatic rings. The molecule has 0 unspecified atom stereocenters. The van der Waals surface area contributed by atoms with Gasteiger partial charge in [0.05, 0.1) is 6.54 Å². The molecule has 1 saturated heterocycles. The van der Waals surface area contributed by atoms with Gasteiger partial charge in [-0.15, -0.1) is 10.2 Å². The minimum atomic E-state index is -0.123. The summed E-state index contributed by atoms with van der Waals surface area (Å²) in [5.74, 6) is 1.88. The molecule has 0 radical (unpaired) electrons. The highest BCUT2D eigenvalue weighted by atomic mass is 16.2. The van der Waals surface area contributed by atoms with Crippen LogP contribution in [0.5, 0.6) is 0 Å². The summed E-state index contributed by atoms with van der Waals surface area (Å²) in [4.78, 5) is 14.5. The lowest BCUT2D eigenvalue weighted by Crippen LogP contribution is -2.43. The predicted octanol–water partition coefficient (Wildman–Crippen LogP) is 1.30. The standard InChI is InChI=1S/C18H24N6O/c25-18(19-11-17-22-21-16-7-4-9-24(16)17)20-15-8-10-23(13-15)12-14-5-2-1-3-6-14/h1-3,5-6,15H,4,7-13H2,(H2,19,20,25)/t15-/m0/s1. The second kappa shape index (κ2) is 7.23. The van der Waals surface area contributed by atoms with E-state index in [1.54, 1.807) is 0 Å². The van der Waals surface area contributed by atoms with Gasteiger partial charge in [0.1, 0.15) is 5.82 Å². The zero-order chi connectivity index (χ0) is 17.1. The summed E-state index contributed by atoms with van der Waals surface area (Å²) < 4.78 is 2.11. The van der Waals surface area contributed by atoms with Crippen molar-refractivity contribution in [2.75, 3.05) is 13.1 Å². The lowest BCUT2D eigenvalue weighted by atomic mass is 10.2. The molecule has 1 fully saturated rings. The van der Waals surface area contributed by atoms with E-state index in [9.17, 15) is 4.79 Å². The molecule has 0 aliphatic carbocycles. The van der Waals surface area contributed by atoms with E-state index in [0.29, 0.717) is 6.54 Å². The largest absolute Gasteiger partial charge is 0.334 e. The normalized spacial score (nSPS) is 19.8. The van der Waals surface area contributed by atoms with Crippen LogP contribution in [0.2, 0.25) is 0 Å². The van der Waals surface area contributed by atoms with Crippen molar-refractivity contribution in [1.82, 2.24) is 30.3 Å². The number of hydrogen-bond donors (Lipinski definition) is 2. The molecule has 2 amide bonds. The van der Waals surface area contributed by atoms with Crippen LogP contribution in [-0.4, -0.2) is 44.8 Å². The van der Waals surface area contributed by atoms with Crippen molar-refractivity contribution in [2.45, 2.75) is 44.9 Å². The van der Waals surface area contributed by atoms with Gasteiger partial charge in [-0.1, -0.05) is 30.3 Å². The van der Waals surface area contributed by atoms with Crippen LogP contribution in [0.1, 0.15) is 30.1 Å². The number of urea groups is 1. The van der Waals surface area contributed by atoms with Crippen molar-refractivity contribution in [3.8, 4) is 0 Å². The number of nitrogens with zero attached hydrogens (tertiary/aromatic N) is 4. The lowest BCUT2D eigenvalue weighted by molar-refractivity contribution is 0.235. The van der Waals surface area contributed by atoms with E-state index in [4.69, 9.17) is 0 Å². The number of fused-ring (bicyclic) bond motifs is 1. The monoisotopic (exact) mass is 340 g/mol. The van der Waals surface area contributed by atoms with E-state index < -0.39 is 0 Å². The van der Waals surface area contributed by atoms with Gasteiger partial charge in [0.2, 0.25) is 0 Å². The molecule has 25 heavy (non-hydrogen) atoms. The molecule has 132 valence electrons. The second-order valence-corrected chi connectivity index (χ2v) is 6.82. The van der Waals surface area contributed by atoms with E-state index in [1.807, 2.05) is 6.07 Å². The Balaban J connectivity index is 1.22. The summed E-state index contributed by atoms with van der Waals surface area (Å²) in [6.07, 6.45) is 3.09. The Labute approximate surface area is 147 Å². The third-order valence-corrected chi connectivity index (χ3v) is 4.95. The predicted molar refractivity (Wildman–Crippen MR) is 93.8 cm³/mol. The quantitative estimate of drug-likeness (QED) is 0.860. The number of nitrogens with one attached hydrogen (secondary N) is 2. The fourth-order valence-corrected chi connectivity index (χ4v) is 3.67. The van der Waals surface area contributed by atoms with Gasteiger partial charge in [-0.05, 0) is 18.4 Å². The van der Waals surface area contributed by atoms with E-state index >= 15 is 0 Å². The van der Waals surface area contributed by atoms with Crippen molar-refractivity contribution < 1.29 is 4.79 Å². The van der Waals surface area contributed by atoms with Gasteiger partial charge in [-0.3, -0.25) is 4.90 Å². The van der Waals surface area contributed by atoms with E-state index in [2.05, 4.69) is 54.6 Å². The highest BCUT2D eigenvalue weighted by Gasteiger charge is 2.24. The Bertz CT molecular complexity index is 728. The molecule has 1 aromatic carbocycles. The molecular weight excluding hydrogens is 316 g/mol. The Morgan fingerprint density at radius 2 is 2.08 bits per heavy atom. The number of hydrogen-bond acceptors (Lipinski definition) is 4. The molecule has 3 heterocycles. The van der Waals surface area contributed by atoms with E-state index in [-0.39, 0.29) is 12.1 Å². The zero-order valence-corrected chi connectivity index (χ0v) is 14.3. The summed E-state index contributed by atoms with van der Waals surface area (Å²) in [7, 11) is 0. The molecule has 2 N–H and O–H groups in total. The zero-order valence-electron chi connectivity index (χ0n) is 14.3. The highest BCUT2D eigenvalue weighted by Crippen LogP contribution is 2.14. The van der Waals surface area contributed by atoms with Crippen LogP contribution in [0.25, 0.3) is 0 Å². The minimum Gasteiger partial charge on any atom is -0.334 e. The van der Waals surface area contributed by atoms with E-state index in [0.717, 1.165) is 57.1 Å². The third-order valence-electron chi connectivity index (χ3n) is 4.95. The fourth-order valence-electron chi connectivity index (χ4n) is 3.67. The molecular formula is C18H24N6O. The van der Waals surface area contributed by atoms with Crippen LogP contribution in [0.4, 0.5) is 4.79 Å². The molecule has 0 saturated carbocycles. The summed E-state index contributed by atoms with van der Waals surface area (Å²) in [5.41, 5.74) is 1.31. The fraction of sp³-hybridized carbons (Fsp3) is 0.500. The Hall–Kier alpha value is -2.41. The maximum atomic E-state index is 12.2. The first-order chi connectivity index (χ1) is 12.3. The maximum absolute atomic E-state index is 12.2. The summed E-state index contributed by atoms with van der Waals surface area (Å²) >= 11 is 0. The third kappa shape index (κ3) is 3.82. The minimum absolute atomic E-state index is 0.123. The molecule has 4 rings (SSSR count). The molecule has 0 bridgehead atoms. The SMILES string of the molecule is O=C(NCc1nnc2n1CCC2)N[C@H]1CCN(Cc2ccccc2)C1. The molecule has 0 spiro atoms. The van der Waals surface area contributed by atoms with Crippen LogP contribution < -0.4 is 10.6 Å². The van der Waals surface area contributed by atoms with Crippen molar-refractivity contribution in [3.63, 3.8) is 0 Å².